The molecule has 3 aromatic rings. The Hall–Kier alpha value is -3.19. The molecule has 1 atom stereocenters. The molecular weight excluding hydrogens is 366 g/mol. The molecule has 2 aromatic carbocycles. The molecule has 0 saturated carbocycles. The fourth-order valence-corrected chi connectivity index (χ4v) is 3.65. The number of thiol groups is 1. The number of fused-ring (bicyclic) bond motifs is 1. The van der Waals surface area contributed by atoms with E-state index in [-0.39, 0.29) is 5.75 Å². The Bertz CT molecular complexity index is 1070. The van der Waals surface area contributed by atoms with Crippen molar-refractivity contribution in [2.45, 2.75) is 11.7 Å². The lowest BCUT2D eigenvalue weighted by Crippen LogP contribution is -2.16. The second-order valence-electron chi connectivity index (χ2n) is 6.02. The number of rotatable bonds is 5. The molecule has 0 amide bonds. The smallest absolute Gasteiger partial charge is 0.226 e. The van der Waals surface area contributed by atoms with E-state index in [9.17, 15) is 13.2 Å². The summed E-state index contributed by atoms with van der Waals surface area (Å²) in [5.74, 6) is 0.752. The van der Waals surface area contributed by atoms with Crippen LogP contribution in [0.15, 0.2) is 65.4 Å². The summed E-state index contributed by atoms with van der Waals surface area (Å²) < 4.78 is 33.4. The molecule has 136 valence electrons. The highest BCUT2D eigenvalue weighted by Crippen LogP contribution is 2.45. The van der Waals surface area contributed by atoms with Crippen LogP contribution in [0.2, 0.25) is 0 Å². The van der Waals surface area contributed by atoms with Gasteiger partial charge in [0.15, 0.2) is 0 Å². The molecule has 1 aliphatic rings. The zero-order chi connectivity index (χ0) is 18.8. The van der Waals surface area contributed by atoms with Crippen molar-refractivity contribution < 1.29 is 22.4 Å². The van der Waals surface area contributed by atoms with E-state index >= 15 is 0 Å². The van der Waals surface area contributed by atoms with Crippen molar-refractivity contribution >= 4 is 28.3 Å². The summed E-state index contributed by atoms with van der Waals surface area (Å²) in [6.07, 6.45) is 3.80. The summed E-state index contributed by atoms with van der Waals surface area (Å²) in [7, 11) is -2.50. The number of carbonyl (C=O) groups is 1. The number of carbonyl (C=O) groups excluding carboxylic acids is 1. The van der Waals surface area contributed by atoms with Gasteiger partial charge in [0.25, 0.3) is 0 Å². The van der Waals surface area contributed by atoms with Gasteiger partial charge in [-0.15, -0.1) is 0 Å². The third-order valence-corrected chi connectivity index (χ3v) is 4.97. The van der Waals surface area contributed by atoms with Gasteiger partial charge in [-0.25, -0.2) is 13.4 Å². The average Bonchev–Trinajstić information content (AvgIpc) is 3.21. The Morgan fingerprint density at radius 3 is 2.52 bits per heavy atom. The van der Waals surface area contributed by atoms with E-state index in [1.54, 1.807) is 30.3 Å². The predicted molar refractivity (Wildman–Crippen MR) is 99.7 cm³/mol. The molecule has 1 aliphatic heterocycles. The first-order chi connectivity index (χ1) is 13.2. The van der Waals surface area contributed by atoms with E-state index in [0.29, 0.717) is 34.1 Å². The molecule has 0 spiro atoms. The number of hydrogen-bond donors (Lipinski definition) is 1. The van der Waals surface area contributed by atoms with Gasteiger partial charge < -0.3 is 13.9 Å². The largest absolute Gasteiger partial charge is 0.456 e. The number of nitrogens with zero attached hydrogens (tertiary/aromatic N) is 1. The van der Waals surface area contributed by atoms with Crippen LogP contribution in [0.3, 0.4) is 0 Å². The highest BCUT2D eigenvalue weighted by Gasteiger charge is 2.33. The molecular formula is C20H15NO5S. The summed E-state index contributed by atoms with van der Waals surface area (Å²) in [4.78, 5) is 16.2. The number of ether oxygens (including phenoxy) is 1. The maximum absolute atomic E-state index is 12.0. The highest BCUT2D eigenvalue weighted by molar-refractivity contribution is 7.71. The number of aromatic nitrogens is 1. The molecule has 0 fully saturated rings. The number of allylic oxidation sites excluding steroid dienone is 1. The summed E-state index contributed by atoms with van der Waals surface area (Å²) >= 11 is 0. The second kappa shape index (κ2) is 7.20. The molecule has 4 rings (SSSR count). The standard InChI is InChI=1S/C20H15NO5S/c22-11-16-15-3-1-2-4-17(15)26-19(18(16)20-21-9-10-25-20)14-7-5-13(6-8-14)12-27(23)24/h1-11,16,27H,12H2. The first-order valence-electron chi connectivity index (χ1n) is 8.24. The predicted octanol–water partition coefficient (Wildman–Crippen LogP) is 3.03. The third kappa shape index (κ3) is 3.29. The lowest BCUT2D eigenvalue weighted by Gasteiger charge is -2.26. The molecule has 2 heterocycles. The van der Waals surface area contributed by atoms with Crippen LogP contribution in [0.5, 0.6) is 5.75 Å². The van der Waals surface area contributed by atoms with Crippen LogP contribution in [0.25, 0.3) is 11.3 Å². The molecule has 1 aromatic heterocycles. The van der Waals surface area contributed by atoms with Crippen molar-refractivity contribution in [3.05, 3.63) is 83.6 Å². The monoisotopic (exact) mass is 381 g/mol. The molecule has 27 heavy (non-hydrogen) atoms. The number of hydrogen-bond acceptors (Lipinski definition) is 6. The average molecular weight is 381 g/mol. The van der Waals surface area contributed by atoms with Gasteiger partial charge in [0.1, 0.15) is 34.8 Å². The minimum Gasteiger partial charge on any atom is -0.456 e. The maximum atomic E-state index is 12.0. The minimum absolute atomic E-state index is 0.0259. The van der Waals surface area contributed by atoms with Gasteiger partial charge in [0, 0.05) is 11.1 Å². The van der Waals surface area contributed by atoms with E-state index < -0.39 is 16.6 Å². The van der Waals surface area contributed by atoms with Crippen LogP contribution in [0.4, 0.5) is 0 Å². The van der Waals surface area contributed by atoms with Crippen molar-refractivity contribution in [3.8, 4) is 5.75 Å². The topological polar surface area (TPSA) is 86.5 Å². The quantitative estimate of drug-likeness (QED) is 0.540. The van der Waals surface area contributed by atoms with Crippen LogP contribution in [-0.2, 0) is 21.3 Å². The Morgan fingerprint density at radius 1 is 1.07 bits per heavy atom. The number of aldehydes is 1. The molecule has 6 nitrogen and oxygen atoms in total. The Labute approximate surface area is 157 Å². The summed E-state index contributed by atoms with van der Waals surface area (Å²) in [6.45, 7) is 0. The second-order valence-corrected chi connectivity index (χ2v) is 7.00. The SMILES string of the molecule is O=CC1C(c2ncco2)=C(c2ccc(C[SH](=O)=O)cc2)Oc2ccccc21. The van der Waals surface area contributed by atoms with Crippen molar-refractivity contribution in [2.75, 3.05) is 0 Å². The Kier molecular flexibility index (Phi) is 4.60. The zero-order valence-electron chi connectivity index (χ0n) is 14.1. The molecule has 7 heteroatoms. The van der Waals surface area contributed by atoms with Crippen LogP contribution < -0.4 is 4.74 Å². The van der Waals surface area contributed by atoms with Gasteiger partial charge >= 0.3 is 0 Å². The lowest BCUT2D eigenvalue weighted by atomic mass is 9.87. The van der Waals surface area contributed by atoms with Crippen molar-refractivity contribution in [1.82, 2.24) is 4.98 Å². The van der Waals surface area contributed by atoms with Gasteiger partial charge in [-0.3, -0.25) is 0 Å². The summed E-state index contributed by atoms with van der Waals surface area (Å²) in [5.41, 5.74) is 2.66. The van der Waals surface area contributed by atoms with E-state index in [1.165, 1.54) is 12.5 Å². The number of oxazole rings is 1. The first kappa shape index (κ1) is 17.2. The number of benzene rings is 2. The normalized spacial score (nSPS) is 16.1. The Balaban J connectivity index is 1.87. The summed E-state index contributed by atoms with van der Waals surface area (Å²) in [6, 6.07) is 14.3. The van der Waals surface area contributed by atoms with E-state index in [4.69, 9.17) is 9.15 Å². The van der Waals surface area contributed by atoms with Crippen LogP contribution in [0, 0.1) is 0 Å². The van der Waals surface area contributed by atoms with Gasteiger partial charge in [0.05, 0.1) is 23.4 Å². The first-order valence-corrected chi connectivity index (χ1v) is 9.61. The highest BCUT2D eigenvalue weighted by atomic mass is 32.2. The van der Waals surface area contributed by atoms with E-state index in [2.05, 4.69) is 4.98 Å². The van der Waals surface area contributed by atoms with E-state index in [1.807, 2.05) is 18.2 Å². The third-order valence-electron chi connectivity index (χ3n) is 4.35. The van der Waals surface area contributed by atoms with Crippen LogP contribution in [-0.4, -0.2) is 19.7 Å². The lowest BCUT2D eigenvalue weighted by molar-refractivity contribution is -0.108. The Morgan fingerprint density at radius 2 is 1.85 bits per heavy atom. The van der Waals surface area contributed by atoms with Gasteiger partial charge in [-0.05, 0) is 11.6 Å². The fourth-order valence-electron chi connectivity index (χ4n) is 3.15. The van der Waals surface area contributed by atoms with Crippen molar-refractivity contribution in [2.24, 2.45) is 0 Å². The molecule has 0 saturated heterocycles. The van der Waals surface area contributed by atoms with Gasteiger partial charge in [-0.2, -0.15) is 0 Å². The molecule has 0 radical (unpaired) electrons. The zero-order valence-corrected chi connectivity index (χ0v) is 15.0. The molecule has 0 bridgehead atoms. The molecule has 1 unspecified atom stereocenters. The number of para-hydroxylation sites is 1. The van der Waals surface area contributed by atoms with Crippen LogP contribution >= 0.6 is 0 Å². The minimum atomic E-state index is -2.50. The van der Waals surface area contributed by atoms with Gasteiger partial charge in [0.2, 0.25) is 5.89 Å². The van der Waals surface area contributed by atoms with Crippen molar-refractivity contribution in [3.63, 3.8) is 0 Å². The molecule has 0 N–H and O–H groups in total. The maximum Gasteiger partial charge on any atom is 0.226 e. The van der Waals surface area contributed by atoms with Gasteiger partial charge in [-0.1, -0.05) is 42.5 Å². The van der Waals surface area contributed by atoms with Crippen molar-refractivity contribution in [1.29, 1.82) is 0 Å². The van der Waals surface area contributed by atoms with E-state index in [0.717, 1.165) is 11.8 Å². The molecule has 0 aliphatic carbocycles. The summed E-state index contributed by atoms with van der Waals surface area (Å²) in [5, 5.41) is 0. The van der Waals surface area contributed by atoms with Crippen LogP contribution in [0.1, 0.15) is 28.5 Å². The fraction of sp³-hybridized carbons (Fsp3) is 0.100.